The second kappa shape index (κ2) is 8.82. The van der Waals surface area contributed by atoms with Crippen LogP contribution in [0.4, 0.5) is 0 Å². The molecule has 1 N–H and O–H groups in total. The Balaban J connectivity index is 0.00000261. The number of fused-ring (bicyclic) bond motifs is 1. The molecule has 1 amide bonds. The molecule has 27 heavy (non-hydrogen) atoms. The van der Waals surface area contributed by atoms with Gasteiger partial charge in [0.25, 0.3) is 11.5 Å². The van der Waals surface area contributed by atoms with Gasteiger partial charge in [0, 0.05) is 12.1 Å². The van der Waals surface area contributed by atoms with Gasteiger partial charge >= 0.3 is 0 Å². The maximum atomic E-state index is 13.0. The quantitative estimate of drug-likeness (QED) is 0.676. The van der Waals surface area contributed by atoms with E-state index in [2.05, 4.69) is 17.2 Å². The summed E-state index contributed by atoms with van der Waals surface area (Å²) in [7, 11) is 0. The maximum absolute atomic E-state index is 13.0. The Morgan fingerprint density at radius 3 is 2.59 bits per heavy atom. The minimum absolute atomic E-state index is 0. The summed E-state index contributed by atoms with van der Waals surface area (Å²) in [5, 5.41) is 3.39. The highest BCUT2D eigenvalue weighted by Gasteiger charge is 2.13. The van der Waals surface area contributed by atoms with Crippen molar-refractivity contribution < 1.29 is 4.79 Å². The second-order valence-electron chi connectivity index (χ2n) is 6.43. The summed E-state index contributed by atoms with van der Waals surface area (Å²) in [6, 6.07) is 12.8. The molecule has 0 bridgehead atoms. The molecular formula is C21H24ClN3O2. The summed E-state index contributed by atoms with van der Waals surface area (Å²) in [5.74, 6) is 0.461. The predicted octanol–water partition coefficient (Wildman–Crippen LogP) is 3.95. The molecule has 0 saturated heterocycles. The van der Waals surface area contributed by atoms with E-state index >= 15 is 0 Å². The summed E-state index contributed by atoms with van der Waals surface area (Å²) in [6.45, 7) is 6.50. The molecule has 0 radical (unpaired) electrons. The first-order chi connectivity index (χ1) is 12.5. The number of halogens is 1. The molecule has 5 nitrogen and oxygen atoms in total. The molecule has 6 heteroatoms. The number of para-hydroxylation sites is 1. The number of hydrogen-bond donors (Lipinski definition) is 1. The zero-order valence-electron chi connectivity index (χ0n) is 15.8. The Bertz CT molecular complexity index is 1030. The maximum Gasteiger partial charge on any atom is 0.265 e. The lowest BCUT2D eigenvalue weighted by atomic mass is 10.1. The van der Waals surface area contributed by atoms with Gasteiger partial charge in [0.15, 0.2) is 0 Å². The van der Waals surface area contributed by atoms with Gasteiger partial charge in [-0.25, -0.2) is 4.98 Å². The number of benzene rings is 2. The van der Waals surface area contributed by atoms with Crippen LogP contribution in [0.1, 0.15) is 41.5 Å². The molecule has 1 heterocycles. The first-order valence-electron chi connectivity index (χ1n) is 8.90. The van der Waals surface area contributed by atoms with Gasteiger partial charge in [-0.05, 0) is 50.1 Å². The number of rotatable bonds is 5. The fourth-order valence-corrected chi connectivity index (χ4v) is 3.02. The van der Waals surface area contributed by atoms with E-state index in [1.807, 2.05) is 31.2 Å². The van der Waals surface area contributed by atoms with Crippen LogP contribution in [0.3, 0.4) is 0 Å². The minimum Gasteiger partial charge on any atom is -0.352 e. The van der Waals surface area contributed by atoms with Crippen LogP contribution in [0.5, 0.6) is 0 Å². The van der Waals surface area contributed by atoms with Gasteiger partial charge in [-0.2, -0.15) is 0 Å². The number of carbonyl (C=O) groups is 1. The number of aryl methyl sites for hydroxylation is 2. The van der Waals surface area contributed by atoms with Crippen molar-refractivity contribution >= 4 is 29.2 Å². The zero-order valence-corrected chi connectivity index (χ0v) is 16.6. The van der Waals surface area contributed by atoms with Crippen molar-refractivity contribution in [1.29, 1.82) is 0 Å². The molecule has 1 aromatic heterocycles. The average molecular weight is 386 g/mol. The van der Waals surface area contributed by atoms with Crippen LogP contribution in [-0.2, 0) is 0 Å². The number of aromatic nitrogens is 2. The molecular weight excluding hydrogens is 362 g/mol. The molecule has 3 aromatic rings. The van der Waals surface area contributed by atoms with E-state index in [4.69, 9.17) is 0 Å². The van der Waals surface area contributed by atoms with Gasteiger partial charge in [0.1, 0.15) is 5.82 Å². The van der Waals surface area contributed by atoms with Crippen molar-refractivity contribution in [1.82, 2.24) is 14.9 Å². The Morgan fingerprint density at radius 1 is 1.15 bits per heavy atom. The van der Waals surface area contributed by atoms with Gasteiger partial charge < -0.3 is 5.32 Å². The van der Waals surface area contributed by atoms with Crippen LogP contribution < -0.4 is 10.9 Å². The highest BCUT2D eigenvalue weighted by atomic mass is 35.5. The first kappa shape index (κ1) is 20.6. The molecule has 3 rings (SSSR count). The van der Waals surface area contributed by atoms with Crippen molar-refractivity contribution in [3.63, 3.8) is 0 Å². The van der Waals surface area contributed by atoms with Crippen LogP contribution in [0.25, 0.3) is 16.6 Å². The molecule has 0 aliphatic carbocycles. The van der Waals surface area contributed by atoms with Gasteiger partial charge in [-0.1, -0.05) is 31.5 Å². The number of hydrogen-bond acceptors (Lipinski definition) is 3. The smallest absolute Gasteiger partial charge is 0.265 e. The van der Waals surface area contributed by atoms with E-state index in [0.717, 1.165) is 24.1 Å². The van der Waals surface area contributed by atoms with Crippen molar-refractivity contribution in [2.24, 2.45) is 0 Å². The molecule has 0 unspecified atom stereocenters. The number of amides is 1. The largest absolute Gasteiger partial charge is 0.352 e. The van der Waals surface area contributed by atoms with Gasteiger partial charge in [-0.3, -0.25) is 14.2 Å². The highest BCUT2D eigenvalue weighted by molar-refractivity contribution is 5.97. The molecule has 2 aromatic carbocycles. The predicted molar refractivity (Wildman–Crippen MR) is 111 cm³/mol. The van der Waals surface area contributed by atoms with Crippen molar-refractivity contribution in [3.8, 4) is 5.69 Å². The lowest BCUT2D eigenvalue weighted by molar-refractivity contribution is 0.0953. The fraction of sp³-hybridized carbons (Fsp3) is 0.286. The fourth-order valence-electron chi connectivity index (χ4n) is 3.02. The molecule has 142 valence electrons. The highest BCUT2D eigenvalue weighted by Crippen LogP contribution is 2.17. The summed E-state index contributed by atoms with van der Waals surface area (Å²) in [5.41, 5.74) is 2.77. The molecule has 0 atom stereocenters. The van der Waals surface area contributed by atoms with Crippen LogP contribution >= 0.6 is 12.4 Å². The monoisotopic (exact) mass is 385 g/mol. The Kier molecular flexibility index (Phi) is 6.75. The van der Waals surface area contributed by atoms with E-state index in [-0.39, 0.29) is 23.9 Å². The third-order valence-corrected chi connectivity index (χ3v) is 4.47. The minimum atomic E-state index is -0.136. The summed E-state index contributed by atoms with van der Waals surface area (Å²) < 4.78 is 1.62. The number of nitrogens with zero attached hydrogens (tertiary/aromatic N) is 2. The van der Waals surface area contributed by atoms with E-state index in [0.29, 0.717) is 28.8 Å². The summed E-state index contributed by atoms with van der Waals surface area (Å²) in [4.78, 5) is 29.8. The van der Waals surface area contributed by atoms with Gasteiger partial charge in [0.2, 0.25) is 0 Å². The number of nitrogens with one attached hydrogen (secondary N) is 1. The zero-order chi connectivity index (χ0) is 18.7. The van der Waals surface area contributed by atoms with Gasteiger partial charge in [0.05, 0.1) is 16.6 Å². The van der Waals surface area contributed by atoms with E-state index in [1.165, 1.54) is 0 Å². The summed E-state index contributed by atoms with van der Waals surface area (Å²) >= 11 is 0. The third kappa shape index (κ3) is 4.19. The third-order valence-electron chi connectivity index (χ3n) is 4.47. The number of unbranched alkanes of at least 4 members (excludes halogenated alkanes) is 1. The Labute approximate surface area is 164 Å². The molecule has 0 aliphatic rings. The van der Waals surface area contributed by atoms with Crippen molar-refractivity contribution in [2.45, 2.75) is 33.6 Å². The molecule has 0 saturated carbocycles. The molecule has 0 aliphatic heterocycles. The van der Waals surface area contributed by atoms with Gasteiger partial charge in [-0.15, -0.1) is 12.4 Å². The van der Waals surface area contributed by atoms with Crippen molar-refractivity contribution in [3.05, 3.63) is 69.8 Å². The lowest BCUT2D eigenvalue weighted by Crippen LogP contribution is -2.25. The van der Waals surface area contributed by atoms with E-state index < -0.39 is 0 Å². The molecule has 0 fully saturated rings. The van der Waals surface area contributed by atoms with Crippen molar-refractivity contribution in [2.75, 3.05) is 6.54 Å². The molecule has 0 spiro atoms. The first-order valence-corrected chi connectivity index (χ1v) is 8.90. The Morgan fingerprint density at radius 2 is 1.89 bits per heavy atom. The van der Waals surface area contributed by atoms with E-state index in [9.17, 15) is 9.59 Å². The van der Waals surface area contributed by atoms with Crippen LogP contribution in [0.2, 0.25) is 0 Å². The van der Waals surface area contributed by atoms with E-state index in [1.54, 1.807) is 29.7 Å². The van der Waals surface area contributed by atoms with Crippen LogP contribution in [0.15, 0.2) is 47.3 Å². The normalized spacial score (nSPS) is 10.5. The standard InChI is InChI=1S/C21H23N3O2.ClH/c1-4-5-12-22-20(25)16-10-11-17-18(13-16)23-15(3)24(21(17)26)19-9-7-6-8-14(19)2;/h6-11,13H,4-5,12H2,1-3H3,(H,22,25);1H. The van der Waals surface area contributed by atoms with Crippen LogP contribution in [0, 0.1) is 13.8 Å². The van der Waals surface area contributed by atoms with Crippen LogP contribution in [-0.4, -0.2) is 22.0 Å². The topological polar surface area (TPSA) is 64.0 Å². The second-order valence-corrected chi connectivity index (χ2v) is 6.43. The summed E-state index contributed by atoms with van der Waals surface area (Å²) in [6.07, 6.45) is 1.97. The number of carbonyl (C=O) groups excluding carboxylic acids is 1. The Hall–Kier alpha value is -2.66. The average Bonchev–Trinajstić information content (AvgIpc) is 2.63. The lowest BCUT2D eigenvalue weighted by Gasteiger charge is -2.13. The SMILES string of the molecule is CCCCNC(=O)c1ccc2c(=O)n(-c3ccccc3C)c(C)nc2c1.Cl.